The quantitative estimate of drug-likeness (QED) is 0.499. The van der Waals surface area contributed by atoms with Crippen molar-refractivity contribution < 1.29 is 26.0 Å². The fourth-order valence-electron chi connectivity index (χ4n) is 1.04. The summed E-state index contributed by atoms with van der Waals surface area (Å²) < 4.78 is 75.8. The van der Waals surface area contributed by atoms with E-state index in [4.69, 9.17) is 5.73 Å². The van der Waals surface area contributed by atoms with E-state index in [0.29, 0.717) is 0 Å². The highest BCUT2D eigenvalue weighted by Crippen LogP contribution is 2.25. The minimum Gasteiger partial charge on any atom is -0.392 e. The van der Waals surface area contributed by atoms with Gasteiger partial charge in [-0.2, -0.15) is 0 Å². The second-order valence-electron chi connectivity index (χ2n) is 3.17. The summed E-state index contributed by atoms with van der Waals surface area (Å²) in [5.41, 5.74) is 3.49. The minimum absolute atomic E-state index is 0.0456. The van der Waals surface area contributed by atoms with Crippen LogP contribution in [0.3, 0.4) is 0 Å². The van der Waals surface area contributed by atoms with Crippen molar-refractivity contribution >= 4 is 32.9 Å². The number of nitrogens with one attached hydrogen (secondary N) is 1. The van der Waals surface area contributed by atoms with Crippen molar-refractivity contribution in [3.8, 4) is 0 Å². The van der Waals surface area contributed by atoms with Crippen molar-refractivity contribution in [1.29, 1.82) is 0 Å². The topological polar surface area (TPSA) is 72.2 Å². The highest BCUT2D eigenvalue weighted by atomic mass is 32.2. The van der Waals surface area contributed by atoms with Crippen LogP contribution in [-0.4, -0.2) is 19.2 Å². The zero-order valence-corrected chi connectivity index (χ0v) is 10.1. The first-order valence-corrected chi connectivity index (χ1v) is 6.32. The van der Waals surface area contributed by atoms with Crippen molar-refractivity contribution in [3.05, 3.63) is 29.3 Å². The molecule has 0 bridgehead atoms. The predicted octanol–water partition coefficient (Wildman–Crippen LogP) is 1.27. The highest BCUT2D eigenvalue weighted by Gasteiger charge is 2.23. The summed E-state index contributed by atoms with van der Waals surface area (Å²) in [7, 11) is -4.34. The zero-order chi connectivity index (χ0) is 14.1. The van der Waals surface area contributed by atoms with Crippen molar-refractivity contribution in [2.24, 2.45) is 5.73 Å². The summed E-state index contributed by atoms with van der Waals surface area (Å²) >= 11 is 4.30. The number of hydrogen-bond acceptors (Lipinski definition) is 3. The SMILES string of the molecule is NC(=S)CS(=O)(=O)Nc1c(F)c(F)cc(F)c1F. The van der Waals surface area contributed by atoms with Crippen molar-refractivity contribution in [2.45, 2.75) is 0 Å². The molecular weight excluding hydrogens is 296 g/mol. The van der Waals surface area contributed by atoms with Gasteiger partial charge in [-0.15, -0.1) is 0 Å². The van der Waals surface area contributed by atoms with Crippen LogP contribution in [0.2, 0.25) is 0 Å². The van der Waals surface area contributed by atoms with Gasteiger partial charge in [-0.1, -0.05) is 12.2 Å². The number of hydrogen-bond donors (Lipinski definition) is 2. The lowest BCUT2D eigenvalue weighted by molar-refractivity contribution is 0.459. The Morgan fingerprint density at radius 3 is 2.06 bits per heavy atom. The van der Waals surface area contributed by atoms with Crippen molar-refractivity contribution in [1.82, 2.24) is 0 Å². The van der Waals surface area contributed by atoms with Gasteiger partial charge >= 0.3 is 0 Å². The fourth-order valence-corrected chi connectivity index (χ4v) is 2.44. The Balaban J connectivity index is 3.24. The van der Waals surface area contributed by atoms with Crippen LogP contribution in [0.15, 0.2) is 6.07 Å². The first-order valence-electron chi connectivity index (χ1n) is 4.26. The number of nitrogens with two attached hydrogens (primary N) is 1. The van der Waals surface area contributed by atoms with Crippen LogP contribution in [0.5, 0.6) is 0 Å². The lowest BCUT2D eigenvalue weighted by Gasteiger charge is -2.10. The van der Waals surface area contributed by atoms with E-state index in [1.807, 2.05) is 0 Å². The lowest BCUT2D eigenvalue weighted by Crippen LogP contribution is -2.27. The molecule has 0 radical (unpaired) electrons. The molecule has 0 fully saturated rings. The van der Waals surface area contributed by atoms with Gasteiger partial charge < -0.3 is 5.73 Å². The van der Waals surface area contributed by atoms with E-state index >= 15 is 0 Å². The second-order valence-corrected chi connectivity index (χ2v) is 5.42. The van der Waals surface area contributed by atoms with E-state index in [0.717, 1.165) is 0 Å². The number of thiocarbonyl (C=S) groups is 1. The largest absolute Gasteiger partial charge is 0.392 e. The summed E-state index contributed by atoms with van der Waals surface area (Å²) in [6.45, 7) is 0. The third-order valence-corrected chi connectivity index (χ3v) is 3.23. The molecule has 0 saturated carbocycles. The Labute approximate surface area is 105 Å². The molecule has 3 N–H and O–H groups in total. The maximum absolute atomic E-state index is 13.1. The summed E-state index contributed by atoms with van der Waals surface area (Å²) in [6, 6.07) is -0.0456. The van der Waals surface area contributed by atoms with Crippen LogP contribution < -0.4 is 10.5 Å². The van der Waals surface area contributed by atoms with Gasteiger partial charge in [0.25, 0.3) is 0 Å². The summed E-state index contributed by atoms with van der Waals surface area (Å²) in [6.07, 6.45) is 0. The molecular formula is C8H6F4N2O2S2. The summed E-state index contributed by atoms with van der Waals surface area (Å²) in [5, 5.41) is 0. The van der Waals surface area contributed by atoms with Crippen LogP contribution in [0.4, 0.5) is 23.2 Å². The van der Waals surface area contributed by atoms with Crippen LogP contribution >= 0.6 is 12.2 Å². The monoisotopic (exact) mass is 302 g/mol. The molecule has 1 rings (SSSR count). The second kappa shape index (κ2) is 5.06. The van der Waals surface area contributed by atoms with E-state index < -0.39 is 49.7 Å². The predicted molar refractivity (Wildman–Crippen MR) is 60.5 cm³/mol. The molecule has 0 aromatic heterocycles. The standard InChI is InChI=1S/C8H6F4N2O2S2/c9-3-1-4(10)7(12)8(6(3)11)14-18(15,16)2-5(13)17/h1,14H,2H2,(H2,13,17). The molecule has 0 amide bonds. The number of halogens is 4. The zero-order valence-electron chi connectivity index (χ0n) is 8.51. The Bertz CT molecular complexity index is 577. The number of anilines is 1. The molecule has 0 aliphatic carbocycles. The number of benzene rings is 1. The third-order valence-electron chi connectivity index (χ3n) is 1.70. The Morgan fingerprint density at radius 2 is 1.67 bits per heavy atom. The van der Waals surface area contributed by atoms with Crippen molar-refractivity contribution in [3.63, 3.8) is 0 Å². The van der Waals surface area contributed by atoms with Gasteiger partial charge in [0.2, 0.25) is 10.0 Å². The highest BCUT2D eigenvalue weighted by molar-refractivity contribution is 7.95. The van der Waals surface area contributed by atoms with E-state index in [1.54, 1.807) is 0 Å². The molecule has 0 atom stereocenters. The van der Waals surface area contributed by atoms with Gasteiger partial charge in [0.15, 0.2) is 23.3 Å². The molecule has 18 heavy (non-hydrogen) atoms. The van der Waals surface area contributed by atoms with Gasteiger partial charge in [-0.3, -0.25) is 4.72 Å². The molecule has 0 saturated heterocycles. The minimum atomic E-state index is -4.34. The van der Waals surface area contributed by atoms with Crippen LogP contribution in [0.25, 0.3) is 0 Å². The van der Waals surface area contributed by atoms with Crippen LogP contribution in [0, 0.1) is 23.3 Å². The van der Waals surface area contributed by atoms with Gasteiger partial charge in [0, 0.05) is 6.07 Å². The van der Waals surface area contributed by atoms with Gasteiger partial charge in [-0.05, 0) is 0 Å². The van der Waals surface area contributed by atoms with E-state index in [1.165, 1.54) is 4.72 Å². The average Bonchev–Trinajstić information content (AvgIpc) is 2.20. The number of rotatable bonds is 4. The van der Waals surface area contributed by atoms with Crippen LogP contribution in [-0.2, 0) is 10.0 Å². The summed E-state index contributed by atoms with van der Waals surface area (Å²) in [4.78, 5) is -0.472. The average molecular weight is 302 g/mol. The third kappa shape index (κ3) is 3.29. The Morgan fingerprint density at radius 1 is 1.22 bits per heavy atom. The van der Waals surface area contributed by atoms with Gasteiger partial charge in [0.05, 0.1) is 4.99 Å². The van der Waals surface area contributed by atoms with E-state index in [-0.39, 0.29) is 6.07 Å². The molecule has 0 heterocycles. The van der Waals surface area contributed by atoms with Crippen LogP contribution in [0.1, 0.15) is 0 Å². The Hall–Kier alpha value is -1.42. The van der Waals surface area contributed by atoms with E-state index in [2.05, 4.69) is 12.2 Å². The normalized spacial score (nSPS) is 11.3. The van der Waals surface area contributed by atoms with Gasteiger partial charge in [-0.25, -0.2) is 26.0 Å². The molecule has 0 spiro atoms. The fraction of sp³-hybridized carbons (Fsp3) is 0.125. The lowest BCUT2D eigenvalue weighted by atomic mass is 10.3. The molecule has 10 heteroatoms. The van der Waals surface area contributed by atoms with E-state index in [9.17, 15) is 26.0 Å². The maximum atomic E-state index is 13.1. The molecule has 100 valence electrons. The van der Waals surface area contributed by atoms with Crippen molar-refractivity contribution in [2.75, 3.05) is 10.5 Å². The molecule has 4 nitrogen and oxygen atoms in total. The maximum Gasteiger partial charge on any atom is 0.239 e. The number of sulfonamides is 1. The molecule has 0 aliphatic heterocycles. The summed E-state index contributed by atoms with van der Waals surface area (Å²) in [5.74, 6) is -8.11. The first kappa shape index (κ1) is 14.6. The molecule has 0 unspecified atom stereocenters. The molecule has 1 aromatic rings. The first-order chi connectivity index (χ1) is 8.14. The van der Waals surface area contributed by atoms with Gasteiger partial charge in [0.1, 0.15) is 11.4 Å². The molecule has 1 aromatic carbocycles. The Kier molecular flexibility index (Phi) is 4.12. The molecule has 0 aliphatic rings. The smallest absolute Gasteiger partial charge is 0.239 e.